The SMILES string of the molecule is CC(C)[C@@H]1C[C@H](CC(=O)O)CN(Cc2ccc(C(F)(F)F)cc2)C1. The van der Waals surface area contributed by atoms with Crippen molar-refractivity contribution in [1.29, 1.82) is 0 Å². The molecule has 0 aliphatic carbocycles. The van der Waals surface area contributed by atoms with E-state index < -0.39 is 17.7 Å². The molecule has 1 heterocycles. The van der Waals surface area contributed by atoms with Crippen molar-refractivity contribution in [2.45, 2.75) is 39.4 Å². The zero-order valence-electron chi connectivity index (χ0n) is 14.0. The number of aliphatic carboxylic acids is 1. The largest absolute Gasteiger partial charge is 0.481 e. The molecule has 24 heavy (non-hydrogen) atoms. The molecule has 0 radical (unpaired) electrons. The highest BCUT2D eigenvalue weighted by Gasteiger charge is 2.31. The third-order valence-electron chi connectivity index (χ3n) is 4.74. The fraction of sp³-hybridized carbons (Fsp3) is 0.611. The number of alkyl halides is 3. The summed E-state index contributed by atoms with van der Waals surface area (Å²) in [7, 11) is 0. The number of hydrogen-bond donors (Lipinski definition) is 1. The molecule has 1 fully saturated rings. The molecule has 6 heteroatoms. The Morgan fingerprint density at radius 2 is 1.88 bits per heavy atom. The summed E-state index contributed by atoms with van der Waals surface area (Å²) in [4.78, 5) is 13.2. The minimum Gasteiger partial charge on any atom is -0.481 e. The molecular formula is C18H24F3NO2. The number of piperidine rings is 1. The van der Waals surface area contributed by atoms with E-state index in [1.54, 1.807) is 0 Å². The van der Waals surface area contributed by atoms with Gasteiger partial charge in [-0.05, 0) is 41.9 Å². The van der Waals surface area contributed by atoms with Crippen molar-refractivity contribution < 1.29 is 23.1 Å². The summed E-state index contributed by atoms with van der Waals surface area (Å²) in [6.07, 6.45) is -3.28. The highest BCUT2D eigenvalue weighted by atomic mass is 19.4. The molecule has 0 unspecified atom stereocenters. The second-order valence-electron chi connectivity index (χ2n) is 7.09. The molecule has 1 aliphatic heterocycles. The van der Waals surface area contributed by atoms with Gasteiger partial charge in [-0.25, -0.2) is 0 Å². The minimum atomic E-state index is -4.32. The molecule has 1 saturated heterocycles. The fourth-order valence-electron chi connectivity index (χ4n) is 3.41. The third-order valence-corrected chi connectivity index (χ3v) is 4.74. The maximum atomic E-state index is 12.6. The van der Waals surface area contributed by atoms with Crippen LogP contribution in [0.3, 0.4) is 0 Å². The van der Waals surface area contributed by atoms with Crippen LogP contribution in [0.1, 0.15) is 37.8 Å². The number of likely N-dealkylation sites (tertiary alicyclic amines) is 1. The zero-order chi connectivity index (χ0) is 17.9. The zero-order valence-corrected chi connectivity index (χ0v) is 14.0. The molecule has 0 spiro atoms. The van der Waals surface area contributed by atoms with E-state index in [2.05, 4.69) is 18.7 Å². The number of carboxylic acid groups (broad SMARTS) is 1. The first kappa shape index (κ1) is 18.8. The predicted molar refractivity (Wildman–Crippen MR) is 85.4 cm³/mol. The number of hydrogen-bond acceptors (Lipinski definition) is 2. The van der Waals surface area contributed by atoms with Gasteiger partial charge < -0.3 is 5.11 Å². The normalized spacial score (nSPS) is 22.8. The van der Waals surface area contributed by atoms with Crippen LogP contribution in [0, 0.1) is 17.8 Å². The van der Waals surface area contributed by atoms with Gasteiger partial charge in [-0.15, -0.1) is 0 Å². The van der Waals surface area contributed by atoms with Crippen LogP contribution in [0.2, 0.25) is 0 Å². The maximum absolute atomic E-state index is 12.6. The van der Waals surface area contributed by atoms with E-state index >= 15 is 0 Å². The van der Waals surface area contributed by atoms with Crippen molar-refractivity contribution in [3.05, 3.63) is 35.4 Å². The average Bonchev–Trinajstić information content (AvgIpc) is 2.45. The van der Waals surface area contributed by atoms with Gasteiger partial charge >= 0.3 is 12.1 Å². The van der Waals surface area contributed by atoms with Crippen molar-refractivity contribution in [2.24, 2.45) is 17.8 Å². The Morgan fingerprint density at radius 1 is 1.25 bits per heavy atom. The van der Waals surface area contributed by atoms with E-state index in [1.807, 2.05) is 0 Å². The predicted octanol–water partition coefficient (Wildman–Crippen LogP) is 4.27. The van der Waals surface area contributed by atoms with Crippen LogP contribution in [-0.2, 0) is 17.5 Å². The number of halogens is 3. The van der Waals surface area contributed by atoms with Gasteiger partial charge in [-0.3, -0.25) is 9.69 Å². The summed E-state index contributed by atoms with van der Waals surface area (Å²) >= 11 is 0. The molecule has 0 saturated carbocycles. The van der Waals surface area contributed by atoms with Crippen molar-refractivity contribution in [3.63, 3.8) is 0 Å². The lowest BCUT2D eigenvalue weighted by molar-refractivity contribution is -0.139. The van der Waals surface area contributed by atoms with Gasteiger partial charge in [0, 0.05) is 26.1 Å². The van der Waals surface area contributed by atoms with Crippen LogP contribution in [0.4, 0.5) is 13.2 Å². The van der Waals surface area contributed by atoms with E-state index in [9.17, 15) is 18.0 Å². The number of rotatable bonds is 5. The minimum absolute atomic E-state index is 0.0955. The van der Waals surface area contributed by atoms with Gasteiger partial charge in [0.15, 0.2) is 0 Å². The summed E-state index contributed by atoms with van der Waals surface area (Å²) in [6.45, 7) is 6.34. The number of nitrogens with zero attached hydrogens (tertiary/aromatic N) is 1. The first-order valence-corrected chi connectivity index (χ1v) is 8.25. The quantitative estimate of drug-likeness (QED) is 0.868. The Hall–Kier alpha value is -1.56. The van der Waals surface area contributed by atoms with Gasteiger partial charge in [-0.2, -0.15) is 13.2 Å². The fourth-order valence-corrected chi connectivity index (χ4v) is 3.41. The molecule has 0 aromatic heterocycles. The highest BCUT2D eigenvalue weighted by molar-refractivity contribution is 5.67. The number of benzene rings is 1. The lowest BCUT2D eigenvalue weighted by Gasteiger charge is -2.39. The van der Waals surface area contributed by atoms with Gasteiger partial charge in [0.25, 0.3) is 0 Å². The third kappa shape index (κ3) is 5.23. The lowest BCUT2D eigenvalue weighted by atomic mass is 9.81. The van der Waals surface area contributed by atoms with Gasteiger partial charge in [0.05, 0.1) is 5.56 Å². The molecule has 0 bridgehead atoms. The van der Waals surface area contributed by atoms with Crippen molar-refractivity contribution in [1.82, 2.24) is 4.90 Å². The van der Waals surface area contributed by atoms with Gasteiger partial charge in [-0.1, -0.05) is 26.0 Å². The highest BCUT2D eigenvalue weighted by Crippen LogP contribution is 2.31. The molecule has 1 aromatic rings. The van der Waals surface area contributed by atoms with E-state index in [0.29, 0.717) is 24.9 Å². The Bertz CT molecular complexity index is 554. The van der Waals surface area contributed by atoms with Crippen LogP contribution in [0.25, 0.3) is 0 Å². The van der Waals surface area contributed by atoms with Crippen LogP contribution in [-0.4, -0.2) is 29.1 Å². The van der Waals surface area contributed by atoms with Crippen molar-refractivity contribution >= 4 is 5.97 Å². The van der Waals surface area contributed by atoms with E-state index in [-0.39, 0.29) is 12.3 Å². The molecule has 1 aliphatic rings. The van der Waals surface area contributed by atoms with Gasteiger partial charge in [0.1, 0.15) is 0 Å². The molecule has 1 aromatic carbocycles. The average molecular weight is 343 g/mol. The number of carboxylic acids is 1. The lowest BCUT2D eigenvalue weighted by Crippen LogP contribution is -2.42. The van der Waals surface area contributed by atoms with E-state index in [0.717, 1.165) is 30.7 Å². The monoisotopic (exact) mass is 343 g/mol. The van der Waals surface area contributed by atoms with E-state index in [4.69, 9.17) is 5.11 Å². The Kier molecular flexibility index (Phi) is 5.91. The second-order valence-corrected chi connectivity index (χ2v) is 7.09. The molecular weight excluding hydrogens is 319 g/mol. The van der Waals surface area contributed by atoms with Crippen LogP contribution in [0.15, 0.2) is 24.3 Å². The Morgan fingerprint density at radius 3 is 2.38 bits per heavy atom. The standard InChI is InChI=1S/C18H24F3NO2/c1-12(2)15-7-14(8-17(23)24)10-22(11-15)9-13-3-5-16(6-4-13)18(19,20)21/h3-6,12,14-15H,7-11H2,1-2H3,(H,23,24)/t14-,15-/m1/s1. The molecule has 2 rings (SSSR count). The summed E-state index contributed by atoms with van der Waals surface area (Å²) in [6, 6.07) is 5.23. The smallest absolute Gasteiger partial charge is 0.416 e. The summed E-state index contributed by atoms with van der Waals surface area (Å²) in [5, 5.41) is 9.05. The Labute approximate surface area is 140 Å². The molecule has 1 N–H and O–H groups in total. The maximum Gasteiger partial charge on any atom is 0.416 e. The topological polar surface area (TPSA) is 40.5 Å². The first-order valence-electron chi connectivity index (χ1n) is 8.25. The van der Waals surface area contributed by atoms with Crippen LogP contribution < -0.4 is 0 Å². The molecule has 134 valence electrons. The first-order chi connectivity index (χ1) is 11.1. The molecule has 0 amide bonds. The van der Waals surface area contributed by atoms with E-state index in [1.165, 1.54) is 12.1 Å². The van der Waals surface area contributed by atoms with Gasteiger partial charge in [0.2, 0.25) is 0 Å². The van der Waals surface area contributed by atoms with Crippen LogP contribution in [0.5, 0.6) is 0 Å². The van der Waals surface area contributed by atoms with Crippen molar-refractivity contribution in [2.75, 3.05) is 13.1 Å². The molecule has 2 atom stereocenters. The van der Waals surface area contributed by atoms with Crippen LogP contribution >= 0.6 is 0 Å². The molecule has 3 nitrogen and oxygen atoms in total. The second kappa shape index (κ2) is 7.55. The summed E-state index contributed by atoms with van der Waals surface area (Å²) in [5.41, 5.74) is 0.176. The number of carbonyl (C=O) groups is 1. The Balaban J connectivity index is 2.05. The summed E-state index contributed by atoms with van der Waals surface area (Å²) < 4.78 is 37.9. The van der Waals surface area contributed by atoms with Crippen molar-refractivity contribution in [3.8, 4) is 0 Å². The summed E-state index contributed by atoms with van der Waals surface area (Å²) in [5.74, 6) is 0.172.